The molecule has 63 heavy (non-hydrogen) atoms. The first kappa shape index (κ1) is 42.5. The summed E-state index contributed by atoms with van der Waals surface area (Å²) in [7, 11) is 0. The molecule has 0 aliphatic heterocycles. The molecule has 0 N–H and O–H groups in total. The van der Waals surface area contributed by atoms with Crippen molar-refractivity contribution in [1.82, 2.24) is 30.6 Å². The molecule has 0 saturated carbocycles. The van der Waals surface area contributed by atoms with Crippen LogP contribution in [0.5, 0.6) is 17.2 Å². The predicted molar refractivity (Wildman–Crippen MR) is 222 cm³/mol. The second kappa shape index (κ2) is 20.5. The Labute approximate surface area is 358 Å². The fourth-order valence-electron chi connectivity index (χ4n) is 5.57. The monoisotopic (exact) mass is 852 g/mol. The average molecular weight is 853 g/mol. The van der Waals surface area contributed by atoms with Crippen molar-refractivity contribution in [1.29, 1.82) is 0 Å². The molecule has 0 spiro atoms. The minimum Gasteiger partial charge on any atom is -0.493 e. The van der Waals surface area contributed by atoms with Crippen molar-refractivity contribution in [3.63, 3.8) is 0 Å². The fourth-order valence-corrected chi connectivity index (χ4v) is 5.57. The quantitative estimate of drug-likeness (QED) is 0.0224. The molecular weight excluding hydrogens is 817 g/mol. The van der Waals surface area contributed by atoms with Crippen LogP contribution in [-0.2, 0) is 28.6 Å². The summed E-state index contributed by atoms with van der Waals surface area (Å²) in [6, 6.07) is 26.1. The number of ether oxygens (including phenoxy) is 6. The Morgan fingerprint density at radius 2 is 0.762 bits per heavy atom. The van der Waals surface area contributed by atoms with Gasteiger partial charge in [-0.15, -0.1) is 30.6 Å². The number of carbonyl (C=O) groups is 3. The number of rotatable bonds is 21. The highest BCUT2D eigenvalue weighted by Gasteiger charge is 2.20. The summed E-state index contributed by atoms with van der Waals surface area (Å²) < 4.78 is 50.0. The smallest absolute Gasteiger partial charge is 0.330 e. The van der Waals surface area contributed by atoms with E-state index in [2.05, 4.69) is 50.3 Å². The highest BCUT2D eigenvalue weighted by molar-refractivity contribution is 5.81. The van der Waals surface area contributed by atoms with Crippen molar-refractivity contribution < 1.29 is 56.1 Å². The predicted octanol–water partition coefficient (Wildman–Crippen LogP) is 7.51. The number of esters is 3. The highest BCUT2D eigenvalue weighted by atomic mass is 16.6. The number of hydrogen-bond acceptors (Lipinski definition) is 18. The molecule has 3 aromatic heterocycles. The Kier molecular flexibility index (Phi) is 13.8. The molecule has 3 heterocycles. The molecule has 318 valence electrons. The zero-order valence-electron chi connectivity index (χ0n) is 33.3. The molecule has 0 aliphatic rings. The maximum atomic E-state index is 11.6. The minimum atomic E-state index is -0.531. The molecule has 0 aliphatic carbocycles. The summed E-state index contributed by atoms with van der Waals surface area (Å²) in [5.41, 5.74) is 3.30. The van der Waals surface area contributed by atoms with Gasteiger partial charge in [0, 0.05) is 45.5 Å². The third kappa shape index (κ3) is 11.3. The third-order valence-electron chi connectivity index (χ3n) is 8.57. The van der Waals surface area contributed by atoms with Gasteiger partial charge < -0.3 is 41.7 Å². The third-order valence-corrected chi connectivity index (χ3v) is 8.57. The zero-order valence-corrected chi connectivity index (χ0v) is 33.3. The number of nitrogens with zero attached hydrogens (tertiary/aromatic N) is 6. The summed E-state index contributed by atoms with van der Waals surface area (Å²) >= 11 is 0. The Morgan fingerprint density at radius 1 is 0.444 bits per heavy atom. The molecule has 0 amide bonds. The van der Waals surface area contributed by atoms with Crippen LogP contribution in [-0.4, -0.2) is 81.5 Å². The van der Waals surface area contributed by atoms with Crippen molar-refractivity contribution in [2.45, 2.75) is 6.42 Å². The molecule has 18 nitrogen and oxygen atoms in total. The molecule has 18 heteroatoms. The lowest BCUT2D eigenvalue weighted by Gasteiger charge is -2.06. The number of benzene rings is 4. The molecule has 7 aromatic rings. The van der Waals surface area contributed by atoms with Crippen LogP contribution in [0.3, 0.4) is 0 Å². The SMILES string of the molecule is C=COC(=O)CCOc1ccc(-c2nnc(-c3cc(-c4nnc(-c5ccc(OCCOC(=O)C=C)cc5)o4)cc(-c4nnc(-c5ccc(OCCOC(=O)C=C)cc5)o4)c3)o2)cc1. The number of hydrogen-bond donors (Lipinski definition) is 0. The van der Waals surface area contributed by atoms with E-state index in [4.69, 9.17) is 41.7 Å². The van der Waals surface area contributed by atoms with Gasteiger partial charge >= 0.3 is 17.9 Å². The molecule has 4 aromatic carbocycles. The van der Waals surface area contributed by atoms with Crippen LogP contribution in [0.2, 0.25) is 0 Å². The van der Waals surface area contributed by atoms with E-state index in [1.807, 2.05) is 0 Å². The van der Waals surface area contributed by atoms with Crippen LogP contribution in [0.1, 0.15) is 6.42 Å². The van der Waals surface area contributed by atoms with E-state index >= 15 is 0 Å². The molecule has 0 radical (unpaired) electrons. The van der Waals surface area contributed by atoms with E-state index in [0.717, 1.165) is 18.4 Å². The van der Waals surface area contributed by atoms with Crippen molar-refractivity contribution in [3.8, 4) is 86.0 Å². The van der Waals surface area contributed by atoms with E-state index < -0.39 is 17.9 Å². The van der Waals surface area contributed by atoms with Crippen LogP contribution < -0.4 is 14.2 Å². The Bertz CT molecular complexity index is 2580. The van der Waals surface area contributed by atoms with Crippen LogP contribution >= 0.6 is 0 Å². The van der Waals surface area contributed by atoms with Crippen LogP contribution in [0.4, 0.5) is 0 Å². The zero-order chi connectivity index (χ0) is 44.0. The summed E-state index contributed by atoms with van der Waals surface area (Å²) in [5, 5.41) is 25.8. The maximum Gasteiger partial charge on any atom is 0.330 e. The van der Waals surface area contributed by atoms with Gasteiger partial charge in [0.25, 0.3) is 0 Å². The number of aromatic nitrogens is 6. The standard InChI is InChI=1S/C45H36N6O12/c1-4-37(52)59-23-21-57-35-15-9-29(10-16-35)41-47-50-44(62-41)32-25-31(43-49-46-40(61-43)28-7-13-34(14-8-28)56-20-19-39(54)55-6-3)26-33(27-32)45-51-48-42(63-45)30-11-17-36(18-12-30)58-22-24-60-38(53)5-2/h4-18,25-27H,1-3,19-24H2. The molecule has 0 unspecified atom stereocenters. The van der Waals surface area contributed by atoms with E-state index in [-0.39, 0.29) is 74.8 Å². The fraction of sp³-hybridized carbons (Fsp3) is 0.133. The van der Waals surface area contributed by atoms with Gasteiger partial charge in [-0.25, -0.2) is 9.59 Å². The van der Waals surface area contributed by atoms with E-state index in [1.54, 1.807) is 91.0 Å². The van der Waals surface area contributed by atoms with Gasteiger partial charge in [-0.1, -0.05) is 19.7 Å². The second-order valence-electron chi connectivity index (χ2n) is 12.8. The first-order valence-corrected chi connectivity index (χ1v) is 19.0. The molecule has 0 atom stereocenters. The van der Waals surface area contributed by atoms with Crippen molar-refractivity contribution in [2.24, 2.45) is 0 Å². The number of carbonyl (C=O) groups excluding carboxylic acids is 3. The van der Waals surface area contributed by atoms with Gasteiger partial charge in [0.05, 0.1) is 19.3 Å². The molecule has 0 fully saturated rings. The van der Waals surface area contributed by atoms with Gasteiger partial charge in [0.15, 0.2) is 0 Å². The van der Waals surface area contributed by atoms with Gasteiger partial charge in [-0.3, -0.25) is 4.79 Å². The van der Waals surface area contributed by atoms with Crippen molar-refractivity contribution in [3.05, 3.63) is 129 Å². The lowest BCUT2D eigenvalue weighted by atomic mass is 10.1. The molecule has 7 rings (SSSR count). The van der Waals surface area contributed by atoms with Gasteiger partial charge in [-0.2, -0.15) is 0 Å². The normalized spacial score (nSPS) is 10.7. The largest absolute Gasteiger partial charge is 0.493 e. The summed E-state index contributed by atoms with van der Waals surface area (Å²) in [4.78, 5) is 34.1. The first-order chi connectivity index (χ1) is 30.8. The Balaban J connectivity index is 1.12. The average Bonchev–Trinajstić information content (AvgIpc) is 4.13. The van der Waals surface area contributed by atoms with Crippen molar-refractivity contribution in [2.75, 3.05) is 33.0 Å². The summed E-state index contributed by atoms with van der Waals surface area (Å²) in [6.45, 7) is 10.7. The Morgan fingerprint density at radius 3 is 1.08 bits per heavy atom. The second-order valence-corrected chi connectivity index (χ2v) is 12.8. The molecular formula is C45H36N6O12. The van der Waals surface area contributed by atoms with Gasteiger partial charge in [0.2, 0.25) is 35.3 Å². The van der Waals surface area contributed by atoms with Gasteiger partial charge in [0.1, 0.15) is 43.7 Å². The molecule has 0 saturated heterocycles. The minimum absolute atomic E-state index is 0.0567. The van der Waals surface area contributed by atoms with Crippen LogP contribution in [0.25, 0.3) is 68.7 Å². The summed E-state index contributed by atoms with van der Waals surface area (Å²) in [6.07, 6.45) is 3.29. The Hall–Kier alpha value is -8.67. The van der Waals surface area contributed by atoms with Gasteiger partial charge in [-0.05, 0) is 91.0 Å². The lowest BCUT2D eigenvalue weighted by Crippen LogP contribution is -2.10. The highest BCUT2D eigenvalue weighted by Crippen LogP contribution is 2.35. The van der Waals surface area contributed by atoms with Crippen LogP contribution in [0.15, 0.2) is 142 Å². The van der Waals surface area contributed by atoms with E-state index in [0.29, 0.717) is 50.6 Å². The molecule has 0 bridgehead atoms. The lowest BCUT2D eigenvalue weighted by molar-refractivity contribution is -0.139. The van der Waals surface area contributed by atoms with E-state index in [9.17, 15) is 14.4 Å². The van der Waals surface area contributed by atoms with E-state index in [1.165, 1.54) is 0 Å². The van der Waals surface area contributed by atoms with Crippen molar-refractivity contribution >= 4 is 17.9 Å². The van der Waals surface area contributed by atoms with Crippen LogP contribution in [0, 0.1) is 0 Å². The maximum absolute atomic E-state index is 11.6. The summed E-state index contributed by atoms with van der Waals surface area (Å²) in [5.74, 6) is 1.30. The topological polar surface area (TPSA) is 223 Å². The first-order valence-electron chi connectivity index (χ1n) is 19.0.